The smallest absolute Gasteiger partial charge is 0.188 e. The highest BCUT2D eigenvalue weighted by Crippen LogP contribution is 2.27. The lowest BCUT2D eigenvalue weighted by Crippen LogP contribution is -2.32. The van der Waals surface area contributed by atoms with Gasteiger partial charge in [0.1, 0.15) is 0 Å². The number of nitrogens with zero attached hydrogens (tertiary/aromatic N) is 4. The van der Waals surface area contributed by atoms with Gasteiger partial charge in [-0.15, -0.1) is 10.2 Å². The number of hydrogen-bond donors (Lipinski definition) is 1. The predicted molar refractivity (Wildman–Crippen MR) is 57.1 cm³/mol. The molecule has 0 aromatic carbocycles. The normalized spacial score (nSPS) is 19.6. The molecule has 1 N–H and O–H groups in total. The molecule has 0 spiro atoms. The van der Waals surface area contributed by atoms with Crippen LogP contribution in [0.15, 0.2) is 0 Å². The van der Waals surface area contributed by atoms with Crippen molar-refractivity contribution in [3.05, 3.63) is 5.82 Å². The van der Waals surface area contributed by atoms with E-state index in [0.717, 1.165) is 18.3 Å². The van der Waals surface area contributed by atoms with Crippen molar-refractivity contribution in [2.24, 2.45) is 13.0 Å². The lowest BCUT2D eigenvalue weighted by Gasteiger charge is -2.19. The number of aromatic nitrogens is 4. The molecule has 5 heteroatoms. The van der Waals surface area contributed by atoms with Crippen LogP contribution in [0.1, 0.15) is 38.4 Å². The van der Waals surface area contributed by atoms with E-state index in [1.807, 2.05) is 0 Å². The van der Waals surface area contributed by atoms with Crippen LogP contribution in [-0.4, -0.2) is 26.2 Å². The summed E-state index contributed by atoms with van der Waals surface area (Å²) in [5, 5.41) is 15.4. The molecule has 1 saturated carbocycles. The molecule has 1 aliphatic rings. The Labute approximate surface area is 90.2 Å². The minimum absolute atomic E-state index is 0.566. The van der Waals surface area contributed by atoms with Gasteiger partial charge in [-0.3, -0.25) is 0 Å². The zero-order valence-electron chi connectivity index (χ0n) is 9.48. The summed E-state index contributed by atoms with van der Waals surface area (Å²) >= 11 is 0. The van der Waals surface area contributed by atoms with Gasteiger partial charge < -0.3 is 5.32 Å². The number of aryl methyl sites for hydroxylation is 1. The summed E-state index contributed by atoms with van der Waals surface area (Å²) in [6, 6.07) is 0.566. The molecule has 5 nitrogen and oxygen atoms in total. The zero-order chi connectivity index (χ0) is 10.7. The fourth-order valence-electron chi connectivity index (χ4n) is 2.27. The van der Waals surface area contributed by atoms with E-state index in [2.05, 4.69) is 27.7 Å². The second kappa shape index (κ2) is 4.70. The van der Waals surface area contributed by atoms with E-state index in [1.165, 1.54) is 30.5 Å². The lowest BCUT2D eigenvalue weighted by molar-refractivity contribution is 0.377. The van der Waals surface area contributed by atoms with E-state index in [-0.39, 0.29) is 0 Å². The molecule has 84 valence electrons. The van der Waals surface area contributed by atoms with Gasteiger partial charge in [0.05, 0.1) is 13.6 Å². The fourth-order valence-corrected chi connectivity index (χ4v) is 2.27. The van der Waals surface area contributed by atoms with Gasteiger partial charge in [0.15, 0.2) is 5.82 Å². The Kier molecular flexibility index (Phi) is 3.30. The number of tetrazole rings is 1. The summed E-state index contributed by atoms with van der Waals surface area (Å²) in [4.78, 5) is 1.50. The topological polar surface area (TPSA) is 55.6 Å². The number of nitrogens with one attached hydrogen (secondary N) is 1. The molecule has 1 aliphatic carbocycles. The predicted octanol–water partition coefficient (Wildman–Crippen LogP) is 0.878. The van der Waals surface area contributed by atoms with Crippen LogP contribution in [0.5, 0.6) is 0 Å². The van der Waals surface area contributed by atoms with Gasteiger partial charge in [0, 0.05) is 6.04 Å². The van der Waals surface area contributed by atoms with E-state index in [9.17, 15) is 0 Å². The summed E-state index contributed by atoms with van der Waals surface area (Å²) in [6.45, 7) is 2.98. The Morgan fingerprint density at radius 2 is 2.20 bits per heavy atom. The molecule has 15 heavy (non-hydrogen) atoms. The lowest BCUT2D eigenvalue weighted by atomic mass is 10.00. The van der Waals surface area contributed by atoms with E-state index in [0.29, 0.717) is 6.04 Å². The van der Waals surface area contributed by atoms with Crippen molar-refractivity contribution >= 4 is 0 Å². The molecule has 0 unspecified atom stereocenters. The third kappa shape index (κ3) is 2.75. The first-order chi connectivity index (χ1) is 7.25. The Morgan fingerprint density at radius 1 is 1.47 bits per heavy atom. The molecule has 0 amide bonds. The highest BCUT2D eigenvalue weighted by molar-refractivity contribution is 4.81. The molecule has 0 bridgehead atoms. The highest BCUT2D eigenvalue weighted by Gasteiger charge is 2.21. The monoisotopic (exact) mass is 209 g/mol. The van der Waals surface area contributed by atoms with Crippen molar-refractivity contribution in [1.29, 1.82) is 0 Å². The molecule has 1 aromatic rings. The van der Waals surface area contributed by atoms with Crippen molar-refractivity contribution < 1.29 is 0 Å². The van der Waals surface area contributed by atoms with Crippen LogP contribution in [0, 0.1) is 5.92 Å². The number of rotatable bonds is 4. The molecular weight excluding hydrogens is 190 g/mol. The molecule has 1 fully saturated rings. The van der Waals surface area contributed by atoms with Crippen molar-refractivity contribution in [3.63, 3.8) is 0 Å². The van der Waals surface area contributed by atoms with Crippen LogP contribution in [0.4, 0.5) is 0 Å². The highest BCUT2D eigenvalue weighted by atomic mass is 15.6. The van der Waals surface area contributed by atoms with Crippen LogP contribution in [-0.2, 0) is 13.6 Å². The average molecular weight is 209 g/mol. The molecule has 0 radical (unpaired) electrons. The number of hydrogen-bond acceptors (Lipinski definition) is 4. The summed E-state index contributed by atoms with van der Waals surface area (Å²) in [7, 11) is 1.79. The van der Waals surface area contributed by atoms with Gasteiger partial charge in [-0.2, -0.15) is 4.80 Å². The first-order valence-corrected chi connectivity index (χ1v) is 5.72. The SMILES string of the molecule is C[C@@H](NCc1nnn(C)n1)C1CCCC1. The minimum atomic E-state index is 0.566. The quantitative estimate of drug-likeness (QED) is 0.799. The summed E-state index contributed by atoms with van der Waals surface area (Å²) in [5.74, 6) is 1.61. The van der Waals surface area contributed by atoms with Crippen molar-refractivity contribution in [2.75, 3.05) is 0 Å². The van der Waals surface area contributed by atoms with E-state index in [1.54, 1.807) is 7.05 Å². The Bertz CT molecular complexity index is 303. The van der Waals surface area contributed by atoms with Crippen LogP contribution < -0.4 is 5.32 Å². The molecular formula is C10H19N5. The first kappa shape index (κ1) is 10.5. The Morgan fingerprint density at radius 3 is 2.80 bits per heavy atom. The van der Waals surface area contributed by atoms with Gasteiger partial charge in [-0.05, 0) is 30.9 Å². The van der Waals surface area contributed by atoms with Gasteiger partial charge in [0.2, 0.25) is 0 Å². The Hall–Kier alpha value is -0.970. The third-order valence-corrected chi connectivity index (χ3v) is 3.24. The fraction of sp³-hybridized carbons (Fsp3) is 0.900. The van der Waals surface area contributed by atoms with Gasteiger partial charge >= 0.3 is 0 Å². The maximum Gasteiger partial charge on any atom is 0.188 e. The second-order valence-electron chi connectivity index (χ2n) is 4.41. The minimum Gasteiger partial charge on any atom is -0.307 e. The first-order valence-electron chi connectivity index (χ1n) is 5.72. The zero-order valence-corrected chi connectivity index (χ0v) is 9.48. The Balaban J connectivity index is 1.77. The molecule has 1 heterocycles. The maximum absolute atomic E-state index is 4.14. The van der Waals surface area contributed by atoms with Crippen LogP contribution in [0.25, 0.3) is 0 Å². The van der Waals surface area contributed by atoms with Crippen molar-refractivity contribution in [3.8, 4) is 0 Å². The van der Waals surface area contributed by atoms with Gasteiger partial charge in [-0.25, -0.2) is 0 Å². The summed E-state index contributed by atoms with van der Waals surface area (Å²) in [5.41, 5.74) is 0. The summed E-state index contributed by atoms with van der Waals surface area (Å²) in [6.07, 6.45) is 5.50. The second-order valence-corrected chi connectivity index (χ2v) is 4.41. The maximum atomic E-state index is 4.14. The molecule has 1 atom stereocenters. The standard InChI is InChI=1S/C10H19N5/c1-8(9-5-3-4-6-9)11-7-10-12-14-15(2)13-10/h8-9,11H,3-7H2,1-2H3/t8-/m1/s1. The molecule has 0 saturated heterocycles. The van der Waals surface area contributed by atoms with Crippen LogP contribution in [0.3, 0.4) is 0 Å². The van der Waals surface area contributed by atoms with Crippen molar-refractivity contribution in [2.45, 2.75) is 45.2 Å². The molecule has 1 aromatic heterocycles. The van der Waals surface area contributed by atoms with Crippen LogP contribution in [0.2, 0.25) is 0 Å². The van der Waals surface area contributed by atoms with E-state index >= 15 is 0 Å². The van der Waals surface area contributed by atoms with Crippen molar-refractivity contribution in [1.82, 2.24) is 25.5 Å². The van der Waals surface area contributed by atoms with Gasteiger partial charge in [0.25, 0.3) is 0 Å². The molecule has 0 aliphatic heterocycles. The largest absolute Gasteiger partial charge is 0.307 e. The average Bonchev–Trinajstić information content (AvgIpc) is 2.84. The molecule has 2 rings (SSSR count). The summed E-state index contributed by atoms with van der Waals surface area (Å²) < 4.78 is 0. The van der Waals surface area contributed by atoms with Crippen LogP contribution >= 0.6 is 0 Å². The van der Waals surface area contributed by atoms with E-state index < -0.39 is 0 Å². The van der Waals surface area contributed by atoms with E-state index in [4.69, 9.17) is 0 Å². The third-order valence-electron chi connectivity index (χ3n) is 3.24. The van der Waals surface area contributed by atoms with Gasteiger partial charge in [-0.1, -0.05) is 12.8 Å².